The molecule has 0 radical (unpaired) electrons. The average molecular weight is 233 g/mol. The summed E-state index contributed by atoms with van der Waals surface area (Å²) in [4.78, 5) is 22.7. The molecule has 0 aromatic heterocycles. The minimum Gasteiger partial charge on any atom is -0.454 e. The molecule has 1 aromatic rings. The Balaban J connectivity index is 2.36. The van der Waals surface area contributed by atoms with Crippen molar-refractivity contribution < 1.29 is 14.3 Å². The van der Waals surface area contributed by atoms with E-state index in [9.17, 15) is 9.59 Å². The summed E-state index contributed by atoms with van der Waals surface area (Å²) in [5, 5.41) is 2.85. The second-order valence-corrected chi connectivity index (χ2v) is 3.36. The van der Waals surface area contributed by atoms with Gasteiger partial charge < -0.3 is 10.1 Å². The topological polar surface area (TPSA) is 55.4 Å². The highest BCUT2D eigenvalue weighted by molar-refractivity contribution is 5.98. The molecular weight excluding hydrogens is 218 g/mol. The predicted octanol–water partition coefficient (Wildman–Crippen LogP) is 1.19. The second kappa shape index (κ2) is 7.35. The molecule has 4 nitrogen and oxygen atoms in total. The van der Waals surface area contributed by atoms with E-state index in [1.165, 1.54) is 6.08 Å². The summed E-state index contributed by atoms with van der Waals surface area (Å²) >= 11 is 0. The summed E-state index contributed by atoms with van der Waals surface area (Å²) in [5.74, 6) is -0.717. The van der Waals surface area contributed by atoms with E-state index < -0.39 is 5.97 Å². The Labute approximate surface area is 100 Å². The maximum atomic E-state index is 11.6. The zero-order valence-electron chi connectivity index (χ0n) is 9.68. The van der Waals surface area contributed by atoms with Gasteiger partial charge in [0.15, 0.2) is 12.4 Å². The SMILES string of the molecule is CNCC=CC(=O)OCC(=O)c1ccccc1. The third-order valence-electron chi connectivity index (χ3n) is 2.02. The smallest absolute Gasteiger partial charge is 0.330 e. The minimum absolute atomic E-state index is 0.207. The van der Waals surface area contributed by atoms with Gasteiger partial charge in [0, 0.05) is 18.2 Å². The van der Waals surface area contributed by atoms with Crippen LogP contribution < -0.4 is 5.32 Å². The summed E-state index contributed by atoms with van der Waals surface area (Å²) in [5.41, 5.74) is 0.541. The van der Waals surface area contributed by atoms with Crippen molar-refractivity contribution in [1.29, 1.82) is 0 Å². The molecule has 0 atom stereocenters. The maximum Gasteiger partial charge on any atom is 0.330 e. The lowest BCUT2D eigenvalue weighted by molar-refractivity contribution is -0.136. The first-order valence-electron chi connectivity index (χ1n) is 5.30. The summed E-state index contributed by atoms with van der Waals surface area (Å²) in [6, 6.07) is 8.73. The predicted molar refractivity (Wildman–Crippen MR) is 64.8 cm³/mol. The van der Waals surface area contributed by atoms with Crippen LogP contribution in [0, 0.1) is 0 Å². The number of likely N-dealkylation sites (N-methyl/N-ethyl adjacent to an activating group) is 1. The molecule has 90 valence electrons. The molecule has 1 N–H and O–H groups in total. The van der Waals surface area contributed by atoms with Gasteiger partial charge in [0.2, 0.25) is 0 Å². The molecule has 0 heterocycles. The summed E-state index contributed by atoms with van der Waals surface area (Å²) in [6.07, 6.45) is 2.93. The first-order valence-corrected chi connectivity index (χ1v) is 5.30. The Morgan fingerprint density at radius 1 is 1.29 bits per heavy atom. The van der Waals surface area contributed by atoms with E-state index in [4.69, 9.17) is 4.74 Å². The third kappa shape index (κ3) is 5.08. The molecule has 0 saturated carbocycles. The highest BCUT2D eigenvalue weighted by atomic mass is 16.5. The molecule has 0 saturated heterocycles. The van der Waals surface area contributed by atoms with Gasteiger partial charge in [-0.1, -0.05) is 36.4 Å². The van der Waals surface area contributed by atoms with Crippen LogP contribution in [0.2, 0.25) is 0 Å². The Morgan fingerprint density at radius 3 is 2.65 bits per heavy atom. The van der Waals surface area contributed by atoms with Gasteiger partial charge in [-0.25, -0.2) is 4.79 Å². The maximum absolute atomic E-state index is 11.6. The van der Waals surface area contributed by atoms with Crippen molar-refractivity contribution in [3.63, 3.8) is 0 Å². The number of ketones is 1. The Hall–Kier alpha value is -1.94. The van der Waals surface area contributed by atoms with Crippen LogP contribution in [0.1, 0.15) is 10.4 Å². The first kappa shape index (κ1) is 13.1. The van der Waals surface area contributed by atoms with Crippen LogP contribution in [-0.4, -0.2) is 32.0 Å². The quantitative estimate of drug-likeness (QED) is 0.455. The highest BCUT2D eigenvalue weighted by Crippen LogP contribution is 2.00. The number of ether oxygens (including phenoxy) is 1. The monoisotopic (exact) mass is 233 g/mol. The number of carbonyl (C=O) groups excluding carboxylic acids is 2. The summed E-state index contributed by atoms with van der Waals surface area (Å²) < 4.78 is 4.80. The van der Waals surface area contributed by atoms with Gasteiger partial charge in [-0.15, -0.1) is 0 Å². The molecule has 4 heteroatoms. The zero-order chi connectivity index (χ0) is 12.5. The van der Waals surface area contributed by atoms with E-state index in [2.05, 4.69) is 5.32 Å². The number of nitrogens with one attached hydrogen (secondary N) is 1. The van der Waals surface area contributed by atoms with Crippen LogP contribution in [0.15, 0.2) is 42.5 Å². The van der Waals surface area contributed by atoms with E-state index in [1.807, 2.05) is 6.07 Å². The number of carbonyl (C=O) groups is 2. The van der Waals surface area contributed by atoms with Gasteiger partial charge >= 0.3 is 5.97 Å². The second-order valence-electron chi connectivity index (χ2n) is 3.36. The fraction of sp³-hybridized carbons (Fsp3) is 0.231. The van der Waals surface area contributed by atoms with Gasteiger partial charge in [-0.3, -0.25) is 4.79 Å². The van der Waals surface area contributed by atoms with Crippen molar-refractivity contribution in [2.45, 2.75) is 0 Å². The number of hydrogen-bond donors (Lipinski definition) is 1. The third-order valence-corrected chi connectivity index (χ3v) is 2.02. The molecule has 0 fully saturated rings. The molecule has 0 unspecified atom stereocenters. The molecule has 1 aromatic carbocycles. The average Bonchev–Trinajstić information content (AvgIpc) is 2.37. The van der Waals surface area contributed by atoms with Crippen molar-refractivity contribution in [2.75, 3.05) is 20.2 Å². The number of Topliss-reactive ketones (excluding diaryl/α,β-unsaturated/α-hetero) is 1. The number of rotatable bonds is 6. The van der Waals surface area contributed by atoms with E-state index >= 15 is 0 Å². The van der Waals surface area contributed by atoms with Crippen molar-refractivity contribution >= 4 is 11.8 Å². The molecule has 17 heavy (non-hydrogen) atoms. The zero-order valence-corrected chi connectivity index (χ0v) is 9.68. The Kier molecular flexibility index (Phi) is 5.68. The fourth-order valence-electron chi connectivity index (χ4n) is 1.17. The standard InChI is InChI=1S/C13H15NO3/c1-14-9-5-8-13(16)17-10-12(15)11-6-3-2-4-7-11/h2-8,14H,9-10H2,1H3. The van der Waals surface area contributed by atoms with Crippen molar-refractivity contribution in [2.24, 2.45) is 0 Å². The summed E-state index contributed by atoms with van der Waals surface area (Å²) in [6.45, 7) is 0.356. The Morgan fingerprint density at radius 2 is 2.00 bits per heavy atom. The van der Waals surface area contributed by atoms with Crippen LogP contribution in [0.25, 0.3) is 0 Å². The molecule has 0 aliphatic rings. The largest absolute Gasteiger partial charge is 0.454 e. The Bertz CT molecular complexity index is 398. The lowest BCUT2D eigenvalue weighted by Gasteiger charge is -2.01. The molecule has 0 aliphatic carbocycles. The van der Waals surface area contributed by atoms with Crippen LogP contribution in [0.4, 0.5) is 0 Å². The fourth-order valence-corrected chi connectivity index (χ4v) is 1.17. The molecule has 0 amide bonds. The highest BCUT2D eigenvalue weighted by Gasteiger charge is 2.07. The minimum atomic E-state index is -0.510. The molecule has 0 aliphatic heterocycles. The van der Waals surface area contributed by atoms with E-state index in [-0.39, 0.29) is 12.4 Å². The molecular formula is C13H15NO3. The van der Waals surface area contributed by atoms with E-state index in [0.717, 1.165) is 0 Å². The normalized spacial score (nSPS) is 10.4. The van der Waals surface area contributed by atoms with Gasteiger partial charge in [-0.05, 0) is 7.05 Å². The first-order chi connectivity index (χ1) is 8.24. The van der Waals surface area contributed by atoms with Crippen LogP contribution >= 0.6 is 0 Å². The van der Waals surface area contributed by atoms with Crippen molar-refractivity contribution in [1.82, 2.24) is 5.32 Å². The van der Waals surface area contributed by atoms with Crippen LogP contribution in [-0.2, 0) is 9.53 Å². The lowest BCUT2D eigenvalue weighted by atomic mass is 10.1. The molecule has 0 spiro atoms. The van der Waals surface area contributed by atoms with Gasteiger partial charge in [0.05, 0.1) is 0 Å². The van der Waals surface area contributed by atoms with Crippen molar-refractivity contribution in [3.05, 3.63) is 48.0 Å². The number of esters is 1. The summed E-state index contributed by atoms with van der Waals surface area (Å²) in [7, 11) is 1.77. The van der Waals surface area contributed by atoms with Crippen LogP contribution in [0.3, 0.4) is 0 Å². The van der Waals surface area contributed by atoms with Gasteiger partial charge in [-0.2, -0.15) is 0 Å². The molecule has 1 rings (SSSR count). The van der Waals surface area contributed by atoms with Crippen LogP contribution in [0.5, 0.6) is 0 Å². The lowest BCUT2D eigenvalue weighted by Crippen LogP contribution is -2.13. The van der Waals surface area contributed by atoms with Gasteiger partial charge in [0.1, 0.15) is 0 Å². The van der Waals surface area contributed by atoms with E-state index in [1.54, 1.807) is 37.4 Å². The van der Waals surface area contributed by atoms with E-state index in [0.29, 0.717) is 12.1 Å². The number of hydrogen-bond acceptors (Lipinski definition) is 4. The van der Waals surface area contributed by atoms with Gasteiger partial charge in [0.25, 0.3) is 0 Å². The molecule has 0 bridgehead atoms. The number of benzene rings is 1. The van der Waals surface area contributed by atoms with Crippen molar-refractivity contribution in [3.8, 4) is 0 Å².